The van der Waals surface area contributed by atoms with Crippen LogP contribution in [0, 0.1) is 10.1 Å². The summed E-state index contributed by atoms with van der Waals surface area (Å²) in [6.07, 6.45) is 0. The minimum atomic E-state index is -0.555. The van der Waals surface area contributed by atoms with Crippen LogP contribution in [0.4, 0.5) is 11.4 Å². The summed E-state index contributed by atoms with van der Waals surface area (Å²) in [6, 6.07) is 9.26. The molecule has 0 aliphatic carbocycles. The normalized spacial score (nSPS) is 10.1. The van der Waals surface area contributed by atoms with E-state index in [-0.39, 0.29) is 17.1 Å². The molecule has 0 aliphatic heterocycles. The molecule has 0 unspecified atom stereocenters. The van der Waals surface area contributed by atoms with Gasteiger partial charge in [0.25, 0.3) is 5.91 Å². The van der Waals surface area contributed by atoms with Gasteiger partial charge in [0.05, 0.1) is 24.2 Å². The number of amides is 1. The topological polar surface area (TPSA) is 90.7 Å². The van der Waals surface area contributed by atoms with E-state index >= 15 is 0 Å². The number of ether oxygens (including phenoxy) is 2. The van der Waals surface area contributed by atoms with Crippen molar-refractivity contribution in [3.63, 3.8) is 0 Å². The number of methoxy groups -OCH3 is 1. The summed E-state index contributed by atoms with van der Waals surface area (Å²) in [5.41, 5.74) is 0.386. The molecular weight excluding hydrogens is 380 g/mol. The third-order valence-electron chi connectivity index (χ3n) is 3.12. The molecule has 0 heterocycles. The highest BCUT2D eigenvalue weighted by Gasteiger charge is 2.18. The number of anilines is 1. The molecule has 0 saturated heterocycles. The highest BCUT2D eigenvalue weighted by Crippen LogP contribution is 2.31. The van der Waals surface area contributed by atoms with Crippen LogP contribution in [0.25, 0.3) is 0 Å². The lowest BCUT2D eigenvalue weighted by atomic mass is 10.1. The van der Waals surface area contributed by atoms with Gasteiger partial charge < -0.3 is 14.8 Å². The van der Waals surface area contributed by atoms with E-state index in [1.165, 1.54) is 19.2 Å². The van der Waals surface area contributed by atoms with E-state index in [1.54, 1.807) is 31.2 Å². The Bertz CT molecular complexity index is 779. The SMILES string of the molecule is CCOc1ccc(NC(=O)c2cc(Br)ccc2OC)cc1[N+](=O)[O-]. The monoisotopic (exact) mass is 394 g/mol. The van der Waals surface area contributed by atoms with E-state index in [4.69, 9.17) is 9.47 Å². The second-order valence-electron chi connectivity index (χ2n) is 4.67. The third kappa shape index (κ3) is 4.02. The van der Waals surface area contributed by atoms with Crippen molar-refractivity contribution in [2.24, 2.45) is 0 Å². The van der Waals surface area contributed by atoms with Gasteiger partial charge >= 0.3 is 5.69 Å². The zero-order chi connectivity index (χ0) is 17.7. The predicted octanol–water partition coefficient (Wildman–Crippen LogP) is 4.02. The van der Waals surface area contributed by atoms with Crippen molar-refractivity contribution in [2.45, 2.75) is 6.92 Å². The average molecular weight is 395 g/mol. The molecule has 0 atom stereocenters. The highest BCUT2D eigenvalue weighted by molar-refractivity contribution is 9.10. The van der Waals surface area contributed by atoms with Gasteiger partial charge in [0, 0.05) is 16.2 Å². The van der Waals surface area contributed by atoms with Crippen molar-refractivity contribution >= 4 is 33.2 Å². The lowest BCUT2D eigenvalue weighted by Crippen LogP contribution is -2.13. The zero-order valence-electron chi connectivity index (χ0n) is 13.0. The van der Waals surface area contributed by atoms with E-state index in [0.717, 1.165) is 0 Å². The molecule has 7 nitrogen and oxygen atoms in total. The number of benzene rings is 2. The summed E-state index contributed by atoms with van der Waals surface area (Å²) in [6.45, 7) is 2.04. The van der Waals surface area contributed by atoms with Gasteiger partial charge in [-0.05, 0) is 37.3 Å². The number of carbonyl (C=O) groups excluding carboxylic acids is 1. The van der Waals surface area contributed by atoms with Crippen molar-refractivity contribution < 1.29 is 19.2 Å². The molecular formula is C16H15BrN2O5. The van der Waals surface area contributed by atoms with E-state index < -0.39 is 10.8 Å². The van der Waals surface area contributed by atoms with E-state index in [2.05, 4.69) is 21.2 Å². The highest BCUT2D eigenvalue weighted by atomic mass is 79.9. The predicted molar refractivity (Wildman–Crippen MR) is 92.9 cm³/mol. The van der Waals surface area contributed by atoms with Crippen LogP contribution in [0.2, 0.25) is 0 Å². The van der Waals surface area contributed by atoms with Crippen LogP contribution in [0.3, 0.4) is 0 Å². The molecule has 24 heavy (non-hydrogen) atoms. The van der Waals surface area contributed by atoms with Crippen molar-refractivity contribution in [2.75, 3.05) is 19.0 Å². The summed E-state index contributed by atoms with van der Waals surface area (Å²) >= 11 is 3.30. The maximum absolute atomic E-state index is 12.4. The Morgan fingerprint density at radius 2 is 1.96 bits per heavy atom. The summed E-state index contributed by atoms with van der Waals surface area (Å²) in [4.78, 5) is 23.0. The standard InChI is InChI=1S/C16H15BrN2O5/c1-3-24-15-7-5-11(9-13(15)19(21)22)18-16(20)12-8-10(17)4-6-14(12)23-2/h4-9H,3H2,1-2H3,(H,18,20). The van der Waals surface area contributed by atoms with Gasteiger partial charge in [-0.15, -0.1) is 0 Å². The van der Waals surface area contributed by atoms with Gasteiger partial charge in [-0.2, -0.15) is 0 Å². The Balaban J connectivity index is 2.31. The van der Waals surface area contributed by atoms with Crippen LogP contribution in [0.5, 0.6) is 11.5 Å². The van der Waals surface area contributed by atoms with Crippen LogP contribution in [0.1, 0.15) is 17.3 Å². The van der Waals surface area contributed by atoms with Crippen LogP contribution in [0.15, 0.2) is 40.9 Å². The lowest BCUT2D eigenvalue weighted by molar-refractivity contribution is -0.385. The fraction of sp³-hybridized carbons (Fsp3) is 0.188. The smallest absolute Gasteiger partial charge is 0.312 e. The molecule has 2 aromatic rings. The van der Waals surface area contributed by atoms with Crippen molar-refractivity contribution in [1.29, 1.82) is 0 Å². The first kappa shape index (κ1) is 17.7. The van der Waals surface area contributed by atoms with E-state index in [1.807, 2.05) is 0 Å². The van der Waals surface area contributed by atoms with Gasteiger partial charge in [-0.25, -0.2) is 0 Å². The summed E-state index contributed by atoms with van der Waals surface area (Å²) < 4.78 is 11.1. The van der Waals surface area contributed by atoms with Gasteiger partial charge in [0.15, 0.2) is 5.75 Å². The van der Waals surface area contributed by atoms with E-state index in [9.17, 15) is 14.9 Å². The maximum atomic E-state index is 12.4. The molecule has 8 heteroatoms. The molecule has 1 N–H and O–H groups in total. The van der Waals surface area contributed by atoms with Crippen LogP contribution >= 0.6 is 15.9 Å². The Morgan fingerprint density at radius 3 is 2.58 bits per heavy atom. The molecule has 1 amide bonds. The molecule has 0 aliphatic rings. The summed E-state index contributed by atoms with van der Waals surface area (Å²) in [7, 11) is 1.46. The first-order valence-corrected chi connectivity index (χ1v) is 7.81. The third-order valence-corrected chi connectivity index (χ3v) is 3.61. The molecule has 0 bridgehead atoms. The van der Waals surface area contributed by atoms with Crippen LogP contribution in [-0.2, 0) is 0 Å². The first-order chi connectivity index (χ1) is 11.5. The maximum Gasteiger partial charge on any atom is 0.312 e. The van der Waals surface area contributed by atoms with Gasteiger partial charge in [-0.1, -0.05) is 15.9 Å². The van der Waals surface area contributed by atoms with E-state index in [0.29, 0.717) is 22.4 Å². The Kier molecular flexibility index (Phi) is 5.75. The molecule has 0 aromatic heterocycles. The zero-order valence-corrected chi connectivity index (χ0v) is 14.6. The quantitative estimate of drug-likeness (QED) is 0.590. The van der Waals surface area contributed by atoms with Crippen LogP contribution in [-0.4, -0.2) is 24.5 Å². The van der Waals surface area contributed by atoms with Crippen LogP contribution < -0.4 is 14.8 Å². The number of halogens is 1. The molecule has 2 rings (SSSR count). The molecule has 0 radical (unpaired) electrons. The fourth-order valence-electron chi connectivity index (χ4n) is 2.07. The number of nitro groups is 1. The Hall–Kier alpha value is -2.61. The minimum absolute atomic E-state index is 0.153. The first-order valence-electron chi connectivity index (χ1n) is 7.02. The number of nitrogens with zero attached hydrogens (tertiary/aromatic N) is 1. The number of nitro benzene ring substituents is 1. The number of rotatable bonds is 6. The second-order valence-corrected chi connectivity index (χ2v) is 5.59. The van der Waals surface area contributed by atoms with Gasteiger partial charge in [0.2, 0.25) is 0 Å². The fourth-order valence-corrected chi connectivity index (χ4v) is 2.43. The molecule has 0 fully saturated rings. The average Bonchev–Trinajstić information content (AvgIpc) is 2.56. The number of carbonyl (C=O) groups is 1. The van der Waals surface area contributed by atoms with Crippen molar-refractivity contribution in [3.8, 4) is 11.5 Å². The lowest BCUT2D eigenvalue weighted by Gasteiger charge is -2.11. The number of hydrogen-bond acceptors (Lipinski definition) is 5. The van der Waals surface area contributed by atoms with Gasteiger partial charge in [0.1, 0.15) is 5.75 Å². The van der Waals surface area contributed by atoms with Crippen molar-refractivity contribution in [3.05, 3.63) is 56.5 Å². The molecule has 126 valence electrons. The van der Waals surface area contributed by atoms with Gasteiger partial charge in [-0.3, -0.25) is 14.9 Å². The molecule has 2 aromatic carbocycles. The summed E-state index contributed by atoms with van der Waals surface area (Å²) in [5.74, 6) is 0.114. The Morgan fingerprint density at radius 1 is 1.25 bits per heavy atom. The second kappa shape index (κ2) is 7.78. The largest absolute Gasteiger partial charge is 0.496 e. The molecule has 0 spiro atoms. The Labute approximate surface area is 146 Å². The number of hydrogen-bond donors (Lipinski definition) is 1. The minimum Gasteiger partial charge on any atom is -0.496 e. The van der Waals surface area contributed by atoms with Crippen molar-refractivity contribution in [1.82, 2.24) is 0 Å². The molecule has 0 saturated carbocycles. The number of nitrogens with one attached hydrogen (secondary N) is 1. The summed E-state index contributed by atoms with van der Waals surface area (Å²) in [5, 5.41) is 13.8.